The molecule has 0 spiro atoms. The van der Waals surface area contributed by atoms with Crippen LogP contribution < -0.4 is 10.6 Å². The molecule has 1 aromatic heterocycles. The molecule has 0 aliphatic carbocycles. The van der Waals surface area contributed by atoms with E-state index in [1.165, 1.54) is 4.88 Å². The summed E-state index contributed by atoms with van der Waals surface area (Å²) >= 11 is 1.69. The molecule has 0 unspecified atom stereocenters. The van der Waals surface area contributed by atoms with Gasteiger partial charge in [0.1, 0.15) is 0 Å². The maximum Gasteiger partial charge on any atom is 0.251 e. The van der Waals surface area contributed by atoms with Crippen LogP contribution >= 0.6 is 11.3 Å². The Hall–Kier alpha value is -2.22. The highest BCUT2D eigenvalue weighted by Gasteiger charge is 2.23. The van der Waals surface area contributed by atoms with Crippen molar-refractivity contribution in [2.45, 2.75) is 6.04 Å². The number of hydrogen-bond acceptors (Lipinski definition) is 5. The zero-order chi connectivity index (χ0) is 18.2. The van der Waals surface area contributed by atoms with E-state index in [1.54, 1.807) is 35.6 Å². The number of amides is 2. The lowest BCUT2D eigenvalue weighted by atomic mass is 10.2. The summed E-state index contributed by atoms with van der Waals surface area (Å²) in [6, 6.07) is 13.1. The van der Waals surface area contributed by atoms with Gasteiger partial charge in [-0.05, 0) is 23.6 Å². The van der Waals surface area contributed by atoms with Crippen molar-refractivity contribution < 1.29 is 14.3 Å². The van der Waals surface area contributed by atoms with E-state index in [0.29, 0.717) is 25.3 Å². The van der Waals surface area contributed by atoms with E-state index in [1.807, 2.05) is 17.5 Å². The number of thiophene rings is 1. The lowest BCUT2D eigenvalue weighted by Crippen LogP contribution is -2.45. The van der Waals surface area contributed by atoms with Gasteiger partial charge in [0, 0.05) is 30.1 Å². The normalized spacial score (nSPS) is 16.0. The Bertz CT molecular complexity index is 700. The minimum Gasteiger partial charge on any atom is -0.379 e. The second-order valence-electron chi connectivity index (χ2n) is 6.03. The van der Waals surface area contributed by atoms with Gasteiger partial charge in [0.05, 0.1) is 25.8 Å². The number of ether oxygens (including phenoxy) is 1. The SMILES string of the molecule is O=C(CNC(=O)c1ccccc1)NC[C@@H](c1cccs1)N1CCOCC1. The molecule has 2 aromatic rings. The number of rotatable bonds is 7. The third kappa shape index (κ3) is 5.14. The fourth-order valence-corrected chi connectivity index (χ4v) is 3.77. The Morgan fingerprint density at radius 2 is 1.85 bits per heavy atom. The molecule has 1 fully saturated rings. The van der Waals surface area contributed by atoms with E-state index in [9.17, 15) is 9.59 Å². The first-order valence-corrected chi connectivity index (χ1v) is 9.57. The molecule has 2 amide bonds. The van der Waals surface area contributed by atoms with Crippen molar-refractivity contribution in [2.24, 2.45) is 0 Å². The third-order valence-electron chi connectivity index (χ3n) is 4.30. The van der Waals surface area contributed by atoms with Gasteiger partial charge in [-0.2, -0.15) is 0 Å². The van der Waals surface area contributed by atoms with E-state index in [2.05, 4.69) is 21.6 Å². The molecule has 7 heteroatoms. The van der Waals surface area contributed by atoms with Crippen molar-refractivity contribution >= 4 is 23.2 Å². The minimum atomic E-state index is -0.247. The number of morpholine rings is 1. The van der Waals surface area contributed by atoms with Gasteiger partial charge in [-0.15, -0.1) is 11.3 Å². The smallest absolute Gasteiger partial charge is 0.251 e. The Balaban J connectivity index is 1.50. The van der Waals surface area contributed by atoms with E-state index in [0.717, 1.165) is 13.1 Å². The van der Waals surface area contributed by atoms with E-state index in [-0.39, 0.29) is 24.4 Å². The van der Waals surface area contributed by atoms with Gasteiger partial charge in [-0.1, -0.05) is 24.3 Å². The molecular weight excluding hydrogens is 350 g/mol. The Morgan fingerprint density at radius 3 is 2.54 bits per heavy atom. The van der Waals surface area contributed by atoms with Crippen LogP contribution in [-0.4, -0.2) is 56.1 Å². The molecule has 2 heterocycles. The molecule has 1 atom stereocenters. The molecule has 1 aliphatic rings. The van der Waals surface area contributed by atoms with Crippen LogP contribution in [0.1, 0.15) is 21.3 Å². The largest absolute Gasteiger partial charge is 0.379 e. The highest BCUT2D eigenvalue weighted by molar-refractivity contribution is 7.10. The summed E-state index contributed by atoms with van der Waals surface area (Å²) in [5.74, 6) is -0.437. The number of nitrogens with one attached hydrogen (secondary N) is 2. The minimum absolute atomic E-state index is 0.0337. The standard InChI is InChI=1S/C19H23N3O3S/c23-18(14-21-19(24)15-5-2-1-3-6-15)20-13-16(17-7-4-12-26-17)22-8-10-25-11-9-22/h1-7,12,16H,8-11,13-14H2,(H,20,23)(H,21,24)/t16-/m0/s1. The lowest BCUT2D eigenvalue weighted by Gasteiger charge is -2.34. The van der Waals surface area contributed by atoms with E-state index < -0.39 is 0 Å². The number of carbonyl (C=O) groups is 2. The molecule has 1 aliphatic heterocycles. The highest BCUT2D eigenvalue weighted by atomic mass is 32.1. The van der Waals surface area contributed by atoms with Crippen molar-refractivity contribution in [1.82, 2.24) is 15.5 Å². The van der Waals surface area contributed by atoms with Gasteiger partial charge >= 0.3 is 0 Å². The van der Waals surface area contributed by atoms with Crippen LogP contribution in [0.3, 0.4) is 0 Å². The summed E-state index contributed by atoms with van der Waals surface area (Å²) in [6.45, 7) is 3.60. The van der Waals surface area contributed by atoms with Gasteiger partial charge in [0.15, 0.2) is 0 Å². The number of nitrogens with zero attached hydrogens (tertiary/aromatic N) is 1. The Morgan fingerprint density at radius 1 is 1.08 bits per heavy atom. The first kappa shape index (κ1) is 18.6. The molecule has 2 N–H and O–H groups in total. The van der Waals surface area contributed by atoms with Crippen molar-refractivity contribution in [2.75, 3.05) is 39.4 Å². The summed E-state index contributed by atoms with van der Waals surface area (Å²) in [4.78, 5) is 27.7. The average Bonchev–Trinajstić information content (AvgIpc) is 3.22. The molecular formula is C19H23N3O3S. The maximum atomic E-state index is 12.2. The molecule has 26 heavy (non-hydrogen) atoms. The molecule has 138 valence electrons. The fraction of sp³-hybridized carbons (Fsp3) is 0.368. The van der Waals surface area contributed by atoms with Gasteiger partial charge in [-0.3, -0.25) is 14.5 Å². The van der Waals surface area contributed by atoms with Crippen LogP contribution in [0.25, 0.3) is 0 Å². The van der Waals surface area contributed by atoms with Crippen LogP contribution in [0.4, 0.5) is 0 Å². The van der Waals surface area contributed by atoms with Gasteiger partial charge < -0.3 is 15.4 Å². The fourth-order valence-electron chi connectivity index (χ4n) is 2.90. The average molecular weight is 373 g/mol. The zero-order valence-electron chi connectivity index (χ0n) is 14.5. The molecule has 6 nitrogen and oxygen atoms in total. The monoisotopic (exact) mass is 373 g/mol. The number of hydrogen-bond donors (Lipinski definition) is 2. The van der Waals surface area contributed by atoms with Crippen molar-refractivity contribution in [3.05, 3.63) is 58.3 Å². The lowest BCUT2D eigenvalue weighted by molar-refractivity contribution is -0.120. The first-order chi connectivity index (χ1) is 12.7. The summed E-state index contributed by atoms with van der Waals surface area (Å²) in [7, 11) is 0. The van der Waals surface area contributed by atoms with Gasteiger partial charge in [-0.25, -0.2) is 0 Å². The molecule has 1 saturated heterocycles. The van der Waals surface area contributed by atoms with Gasteiger partial charge in [0.2, 0.25) is 5.91 Å². The predicted octanol–water partition coefficient (Wildman–Crippen LogP) is 1.67. The van der Waals surface area contributed by atoms with Crippen LogP contribution in [-0.2, 0) is 9.53 Å². The van der Waals surface area contributed by atoms with Crippen LogP contribution in [0.2, 0.25) is 0 Å². The Labute approximate surface area is 157 Å². The topological polar surface area (TPSA) is 70.7 Å². The number of benzene rings is 1. The van der Waals surface area contributed by atoms with E-state index >= 15 is 0 Å². The molecule has 3 rings (SSSR count). The van der Waals surface area contributed by atoms with E-state index in [4.69, 9.17) is 4.74 Å². The summed E-state index contributed by atoms with van der Waals surface area (Å²) < 4.78 is 5.43. The quantitative estimate of drug-likeness (QED) is 0.775. The van der Waals surface area contributed by atoms with Crippen LogP contribution in [0, 0.1) is 0 Å². The van der Waals surface area contributed by atoms with Crippen LogP contribution in [0.5, 0.6) is 0 Å². The molecule has 0 saturated carbocycles. The maximum absolute atomic E-state index is 12.2. The Kier molecular flexibility index (Phi) is 6.76. The third-order valence-corrected chi connectivity index (χ3v) is 5.27. The van der Waals surface area contributed by atoms with Crippen molar-refractivity contribution in [3.63, 3.8) is 0 Å². The molecule has 0 radical (unpaired) electrons. The zero-order valence-corrected chi connectivity index (χ0v) is 15.3. The second-order valence-corrected chi connectivity index (χ2v) is 7.01. The molecule has 1 aromatic carbocycles. The summed E-state index contributed by atoms with van der Waals surface area (Å²) in [5.41, 5.74) is 0.546. The van der Waals surface area contributed by atoms with Crippen molar-refractivity contribution in [3.8, 4) is 0 Å². The van der Waals surface area contributed by atoms with Crippen molar-refractivity contribution in [1.29, 1.82) is 0 Å². The summed E-state index contributed by atoms with van der Waals surface area (Å²) in [6.07, 6.45) is 0. The highest BCUT2D eigenvalue weighted by Crippen LogP contribution is 2.25. The molecule has 0 bridgehead atoms. The first-order valence-electron chi connectivity index (χ1n) is 8.69. The van der Waals surface area contributed by atoms with Gasteiger partial charge in [0.25, 0.3) is 5.91 Å². The second kappa shape index (κ2) is 9.47. The predicted molar refractivity (Wildman–Crippen MR) is 101 cm³/mol. The summed E-state index contributed by atoms with van der Waals surface area (Å²) in [5, 5.41) is 7.65. The van der Waals surface area contributed by atoms with Crippen LogP contribution in [0.15, 0.2) is 47.8 Å². The number of carbonyl (C=O) groups excluding carboxylic acids is 2.